The maximum absolute atomic E-state index is 11.5. The number of sulfone groups is 1. The van der Waals surface area contributed by atoms with Crippen LogP contribution in [0.3, 0.4) is 0 Å². The van der Waals surface area contributed by atoms with Crippen molar-refractivity contribution < 1.29 is 13.2 Å². The van der Waals surface area contributed by atoms with E-state index in [0.717, 1.165) is 25.5 Å². The van der Waals surface area contributed by atoms with Gasteiger partial charge in [0.1, 0.15) is 12.4 Å². The third-order valence-electron chi connectivity index (χ3n) is 3.95. The summed E-state index contributed by atoms with van der Waals surface area (Å²) < 4.78 is 28.6. The van der Waals surface area contributed by atoms with E-state index in [2.05, 4.69) is 40.1 Å². The van der Waals surface area contributed by atoms with Crippen LogP contribution in [0.4, 0.5) is 0 Å². The van der Waals surface area contributed by atoms with Gasteiger partial charge in [0.05, 0.1) is 11.4 Å². The van der Waals surface area contributed by atoms with Crippen LogP contribution in [-0.4, -0.2) is 46.9 Å². The molecule has 154 valence electrons. The van der Waals surface area contributed by atoms with Crippen molar-refractivity contribution in [2.45, 2.75) is 25.2 Å². The van der Waals surface area contributed by atoms with Crippen LogP contribution in [-0.2, 0) is 16.3 Å². The number of thiophene rings is 1. The van der Waals surface area contributed by atoms with E-state index < -0.39 is 9.84 Å². The van der Waals surface area contributed by atoms with Gasteiger partial charge < -0.3 is 15.4 Å². The zero-order valence-electron chi connectivity index (χ0n) is 16.6. The Morgan fingerprint density at radius 1 is 1.21 bits per heavy atom. The summed E-state index contributed by atoms with van der Waals surface area (Å²) in [6.07, 6.45) is 2.23. The lowest BCUT2D eigenvalue weighted by atomic mass is 10.1. The maximum atomic E-state index is 11.5. The maximum Gasteiger partial charge on any atom is 0.191 e. The molecule has 0 saturated heterocycles. The molecule has 8 heteroatoms. The lowest BCUT2D eigenvalue weighted by Gasteiger charge is -2.14. The van der Waals surface area contributed by atoms with E-state index in [1.54, 1.807) is 35.6 Å². The van der Waals surface area contributed by atoms with E-state index in [0.29, 0.717) is 24.8 Å². The van der Waals surface area contributed by atoms with Gasteiger partial charge in [-0.25, -0.2) is 8.42 Å². The summed E-state index contributed by atoms with van der Waals surface area (Å²) in [5.74, 6) is 1.89. The number of aliphatic imine (C=N–C) groups is 1. The topological polar surface area (TPSA) is 79.8 Å². The molecule has 0 saturated carbocycles. The van der Waals surface area contributed by atoms with Gasteiger partial charge in [-0.1, -0.05) is 13.0 Å². The first-order valence-electron chi connectivity index (χ1n) is 9.36. The van der Waals surface area contributed by atoms with Crippen molar-refractivity contribution in [3.05, 3.63) is 46.7 Å². The number of hydrogen-bond acceptors (Lipinski definition) is 5. The number of guanidine groups is 1. The first-order valence-corrected chi connectivity index (χ1v) is 12.1. The van der Waals surface area contributed by atoms with Crippen molar-refractivity contribution in [3.8, 4) is 5.75 Å². The molecule has 0 fully saturated rings. The average Bonchev–Trinajstić information content (AvgIpc) is 3.15. The van der Waals surface area contributed by atoms with Gasteiger partial charge in [0.25, 0.3) is 0 Å². The molecule has 1 aromatic heterocycles. The Hall–Kier alpha value is -2.06. The number of rotatable bonds is 10. The van der Waals surface area contributed by atoms with Crippen LogP contribution in [0.5, 0.6) is 5.75 Å². The van der Waals surface area contributed by atoms with Gasteiger partial charge >= 0.3 is 0 Å². The van der Waals surface area contributed by atoms with Gasteiger partial charge in [-0.3, -0.25) is 4.99 Å². The Bertz CT molecular complexity index is 832. The minimum Gasteiger partial charge on any atom is -0.492 e. The molecule has 1 aromatic carbocycles. The van der Waals surface area contributed by atoms with Crippen LogP contribution in [0.25, 0.3) is 0 Å². The second-order valence-corrected chi connectivity index (χ2v) is 9.68. The molecular weight excluding hydrogens is 394 g/mol. The van der Waals surface area contributed by atoms with E-state index in [1.807, 2.05) is 6.92 Å². The third kappa shape index (κ3) is 7.90. The number of hydrogen-bond donors (Lipinski definition) is 2. The zero-order chi connectivity index (χ0) is 20.4. The molecule has 1 heterocycles. The van der Waals surface area contributed by atoms with Crippen LogP contribution in [0, 0.1) is 5.92 Å². The fourth-order valence-electron chi connectivity index (χ4n) is 2.55. The van der Waals surface area contributed by atoms with E-state index in [4.69, 9.17) is 4.74 Å². The lowest BCUT2D eigenvalue weighted by molar-refractivity contribution is 0.321. The minimum atomic E-state index is -3.18. The molecule has 2 rings (SSSR count). The van der Waals surface area contributed by atoms with Crippen LogP contribution in [0.15, 0.2) is 51.7 Å². The monoisotopic (exact) mass is 423 g/mol. The Kier molecular flexibility index (Phi) is 8.79. The first-order chi connectivity index (χ1) is 13.4. The van der Waals surface area contributed by atoms with Gasteiger partial charge in [-0.05, 0) is 55.0 Å². The lowest BCUT2D eigenvalue weighted by Crippen LogP contribution is -2.39. The summed E-state index contributed by atoms with van der Waals surface area (Å²) in [6, 6.07) is 10.7. The van der Waals surface area contributed by atoms with Crippen molar-refractivity contribution in [1.29, 1.82) is 0 Å². The predicted molar refractivity (Wildman–Crippen MR) is 116 cm³/mol. The number of nitrogens with one attached hydrogen (secondary N) is 2. The molecule has 0 radical (unpaired) electrons. The molecule has 0 spiro atoms. The van der Waals surface area contributed by atoms with Crippen LogP contribution in [0.2, 0.25) is 0 Å². The minimum absolute atomic E-state index is 0.288. The van der Waals surface area contributed by atoms with Crippen molar-refractivity contribution in [2.24, 2.45) is 10.9 Å². The SMILES string of the molecule is CCNC(=NCC(C)Cc1cccs1)NCCOc1ccc(S(C)(=O)=O)cc1. The molecule has 1 atom stereocenters. The molecule has 0 bridgehead atoms. The first kappa shape index (κ1) is 22.2. The highest BCUT2D eigenvalue weighted by atomic mass is 32.2. The van der Waals surface area contributed by atoms with Gasteiger partial charge in [0, 0.05) is 24.2 Å². The number of benzene rings is 1. The third-order valence-corrected chi connectivity index (χ3v) is 5.98. The van der Waals surface area contributed by atoms with Crippen LogP contribution >= 0.6 is 11.3 Å². The summed E-state index contributed by atoms with van der Waals surface area (Å²) >= 11 is 1.78. The highest BCUT2D eigenvalue weighted by molar-refractivity contribution is 7.90. The second kappa shape index (κ2) is 11.1. The van der Waals surface area contributed by atoms with Crippen molar-refractivity contribution >= 4 is 27.1 Å². The molecule has 2 aromatic rings. The van der Waals surface area contributed by atoms with Crippen LogP contribution in [0.1, 0.15) is 18.7 Å². The summed E-state index contributed by atoms with van der Waals surface area (Å²) in [6.45, 7) is 6.83. The largest absolute Gasteiger partial charge is 0.492 e. The number of ether oxygens (including phenoxy) is 1. The Morgan fingerprint density at radius 2 is 1.96 bits per heavy atom. The van der Waals surface area contributed by atoms with Crippen molar-refractivity contribution in [1.82, 2.24) is 10.6 Å². The fourth-order valence-corrected chi connectivity index (χ4v) is 4.05. The van der Waals surface area contributed by atoms with Crippen LogP contribution < -0.4 is 15.4 Å². The molecule has 6 nitrogen and oxygen atoms in total. The highest BCUT2D eigenvalue weighted by Gasteiger charge is 2.07. The van der Waals surface area contributed by atoms with Gasteiger partial charge in [0.2, 0.25) is 0 Å². The van der Waals surface area contributed by atoms with Gasteiger partial charge in [-0.2, -0.15) is 0 Å². The molecule has 1 unspecified atom stereocenters. The Labute approximate surface area is 172 Å². The molecule has 0 aliphatic carbocycles. The summed E-state index contributed by atoms with van der Waals surface area (Å²) in [7, 11) is -3.18. The van der Waals surface area contributed by atoms with Gasteiger partial charge in [0.15, 0.2) is 15.8 Å². The zero-order valence-corrected chi connectivity index (χ0v) is 18.3. The molecule has 0 aliphatic rings. The van der Waals surface area contributed by atoms with E-state index in [-0.39, 0.29) is 4.90 Å². The highest BCUT2D eigenvalue weighted by Crippen LogP contribution is 2.16. The Balaban J connectivity index is 1.76. The smallest absolute Gasteiger partial charge is 0.191 e. The Morgan fingerprint density at radius 3 is 2.57 bits per heavy atom. The van der Waals surface area contributed by atoms with Gasteiger partial charge in [-0.15, -0.1) is 11.3 Å². The van der Waals surface area contributed by atoms with Crippen molar-refractivity contribution in [3.63, 3.8) is 0 Å². The van der Waals surface area contributed by atoms with E-state index in [9.17, 15) is 8.42 Å². The molecule has 2 N–H and O–H groups in total. The normalized spacial score (nSPS) is 13.2. The standard InChI is InChI=1S/C20H29N3O3S2/c1-4-21-20(23-15-16(2)14-18-6-5-13-27-18)22-11-12-26-17-7-9-19(10-8-17)28(3,24)25/h5-10,13,16H,4,11-12,14-15H2,1-3H3,(H2,21,22,23). The molecule has 28 heavy (non-hydrogen) atoms. The predicted octanol–water partition coefficient (Wildman–Crippen LogP) is 2.96. The molecular formula is C20H29N3O3S2. The fraction of sp³-hybridized carbons (Fsp3) is 0.450. The quantitative estimate of drug-likeness (QED) is 0.349. The van der Waals surface area contributed by atoms with Crippen molar-refractivity contribution in [2.75, 3.05) is 32.5 Å². The average molecular weight is 424 g/mol. The summed E-state index contributed by atoms with van der Waals surface area (Å²) in [5.41, 5.74) is 0. The molecule has 0 amide bonds. The second-order valence-electron chi connectivity index (χ2n) is 6.63. The summed E-state index contributed by atoms with van der Waals surface area (Å²) in [5, 5.41) is 8.60. The van der Waals surface area contributed by atoms with E-state index in [1.165, 1.54) is 11.1 Å². The number of nitrogens with zero attached hydrogens (tertiary/aromatic N) is 1. The summed E-state index contributed by atoms with van der Waals surface area (Å²) in [4.78, 5) is 6.33. The van der Waals surface area contributed by atoms with E-state index >= 15 is 0 Å². The molecule has 0 aliphatic heterocycles.